The van der Waals surface area contributed by atoms with E-state index in [1.54, 1.807) is 0 Å². The van der Waals surface area contributed by atoms with E-state index >= 15 is 0 Å². The molecule has 0 N–H and O–H groups in total. The van der Waals surface area contributed by atoms with Crippen LogP contribution in [0.5, 0.6) is 0 Å². The standard InChI is InChI=1S/C22H15N2O.C12H10N.Ir/c1-13-6-9-20(24-11-13)18-5-3-4-16-17-8-7-15-12-23-14(2)10-19(15)22(17)25-21(16)18;1-10-7-8-12(13-9-10)11-5-3-2-4-6-11;/h3-4,6-12H,1-2H3;2-5,7-9H,1H3;/q2*-1;. The smallest absolute Gasteiger partial charge is 0.128 e. The van der Waals surface area contributed by atoms with Gasteiger partial charge in [-0.25, -0.2) is 0 Å². The van der Waals surface area contributed by atoms with Crippen LogP contribution in [0.25, 0.3) is 55.2 Å². The summed E-state index contributed by atoms with van der Waals surface area (Å²) >= 11 is 0. The maximum Gasteiger partial charge on any atom is 0.128 e. The first-order valence-corrected chi connectivity index (χ1v) is 12.5. The van der Waals surface area contributed by atoms with Crippen LogP contribution in [0.1, 0.15) is 16.8 Å². The Labute approximate surface area is 241 Å². The number of pyridine rings is 3. The minimum absolute atomic E-state index is 0. The van der Waals surface area contributed by atoms with Crippen LogP contribution in [0.2, 0.25) is 0 Å². The van der Waals surface area contributed by atoms with Crippen LogP contribution in [0.15, 0.2) is 102 Å². The van der Waals surface area contributed by atoms with E-state index in [9.17, 15) is 0 Å². The Morgan fingerprint density at radius 2 is 1.36 bits per heavy atom. The second kappa shape index (κ2) is 11.3. The van der Waals surface area contributed by atoms with Crippen molar-refractivity contribution in [3.63, 3.8) is 0 Å². The second-order valence-electron chi connectivity index (χ2n) is 9.40. The molecule has 0 spiro atoms. The van der Waals surface area contributed by atoms with Gasteiger partial charge in [-0.05, 0) is 49.4 Å². The van der Waals surface area contributed by atoms with Gasteiger partial charge in [0.15, 0.2) is 0 Å². The van der Waals surface area contributed by atoms with Crippen LogP contribution in [0.3, 0.4) is 0 Å². The predicted octanol–water partition coefficient (Wildman–Crippen LogP) is 8.47. The van der Waals surface area contributed by atoms with Crippen molar-refractivity contribution in [3.8, 4) is 22.5 Å². The van der Waals surface area contributed by atoms with Crippen LogP contribution >= 0.6 is 0 Å². The number of rotatable bonds is 2. The molecule has 39 heavy (non-hydrogen) atoms. The molecule has 5 heteroatoms. The van der Waals surface area contributed by atoms with Gasteiger partial charge in [-0.15, -0.1) is 54.1 Å². The van der Waals surface area contributed by atoms with Gasteiger partial charge in [0.05, 0.1) is 5.58 Å². The Hall–Kier alpha value is -4.18. The molecule has 0 saturated carbocycles. The summed E-state index contributed by atoms with van der Waals surface area (Å²) < 4.78 is 6.34. The van der Waals surface area contributed by atoms with Gasteiger partial charge < -0.3 is 14.4 Å². The fourth-order valence-corrected chi connectivity index (χ4v) is 4.51. The molecule has 7 rings (SSSR count). The number of hydrogen-bond donors (Lipinski definition) is 0. The molecule has 7 aromatic rings. The second-order valence-corrected chi connectivity index (χ2v) is 9.40. The number of benzene rings is 3. The van der Waals surface area contributed by atoms with Gasteiger partial charge in [-0.1, -0.05) is 47.3 Å². The van der Waals surface area contributed by atoms with Gasteiger partial charge >= 0.3 is 0 Å². The van der Waals surface area contributed by atoms with Gasteiger partial charge in [0.2, 0.25) is 0 Å². The summed E-state index contributed by atoms with van der Waals surface area (Å²) in [5.74, 6) is 0. The molecule has 0 unspecified atom stereocenters. The average molecular weight is 684 g/mol. The van der Waals surface area contributed by atoms with Gasteiger partial charge in [-0.2, -0.15) is 0 Å². The fraction of sp³-hybridized carbons (Fsp3) is 0.0882. The summed E-state index contributed by atoms with van der Waals surface area (Å²) in [6.07, 6.45) is 5.64. The Morgan fingerprint density at radius 3 is 2.05 bits per heavy atom. The van der Waals surface area contributed by atoms with Crippen molar-refractivity contribution in [2.45, 2.75) is 20.8 Å². The molecule has 0 aliphatic carbocycles. The van der Waals surface area contributed by atoms with E-state index in [4.69, 9.17) is 4.42 Å². The van der Waals surface area contributed by atoms with E-state index in [0.717, 1.165) is 66.5 Å². The van der Waals surface area contributed by atoms with Gasteiger partial charge in [0, 0.05) is 60.5 Å². The molecular weight excluding hydrogens is 659 g/mol. The molecule has 0 amide bonds. The summed E-state index contributed by atoms with van der Waals surface area (Å²) in [6.45, 7) is 6.06. The molecule has 4 heterocycles. The zero-order valence-corrected chi connectivity index (χ0v) is 24.2. The number of hydrogen-bond acceptors (Lipinski definition) is 4. The SMILES string of the molecule is Cc1ccc(-c2[c-]ccc3c2oc2c4cc(C)ncc4ccc32)nc1.Cc1ccc(-c2[c-]cccc2)nc1.[Ir]. The van der Waals surface area contributed by atoms with Crippen molar-refractivity contribution in [2.24, 2.45) is 0 Å². The molecule has 0 atom stereocenters. The minimum atomic E-state index is 0. The number of aromatic nitrogens is 3. The van der Waals surface area contributed by atoms with Crippen molar-refractivity contribution in [1.29, 1.82) is 0 Å². The number of furan rings is 1. The predicted molar refractivity (Wildman–Crippen MR) is 154 cm³/mol. The van der Waals surface area contributed by atoms with Crippen molar-refractivity contribution in [3.05, 3.63) is 126 Å². The third-order valence-corrected chi connectivity index (χ3v) is 6.50. The first-order valence-electron chi connectivity index (χ1n) is 12.5. The van der Waals surface area contributed by atoms with E-state index in [2.05, 4.69) is 63.5 Å². The van der Waals surface area contributed by atoms with Crippen LogP contribution in [0.4, 0.5) is 0 Å². The monoisotopic (exact) mass is 684 g/mol. The van der Waals surface area contributed by atoms with Gasteiger partial charge in [0.25, 0.3) is 0 Å². The molecule has 4 aromatic heterocycles. The van der Waals surface area contributed by atoms with E-state index < -0.39 is 0 Å². The Bertz CT molecular complexity index is 1880. The molecule has 0 bridgehead atoms. The van der Waals surface area contributed by atoms with E-state index in [1.165, 1.54) is 5.56 Å². The molecule has 4 nitrogen and oxygen atoms in total. The first-order chi connectivity index (χ1) is 18.6. The van der Waals surface area contributed by atoms with Crippen molar-refractivity contribution >= 4 is 32.7 Å². The maximum absolute atomic E-state index is 6.34. The van der Waals surface area contributed by atoms with E-state index in [0.29, 0.717) is 0 Å². The molecular formula is C34H25IrN3O-2. The minimum Gasteiger partial charge on any atom is -0.500 e. The molecule has 0 fully saturated rings. The topological polar surface area (TPSA) is 51.8 Å². The molecule has 3 aromatic carbocycles. The third kappa shape index (κ3) is 5.37. The van der Waals surface area contributed by atoms with Crippen LogP contribution in [-0.2, 0) is 20.1 Å². The summed E-state index contributed by atoms with van der Waals surface area (Å²) in [6, 6.07) is 32.7. The van der Waals surface area contributed by atoms with Crippen LogP contribution in [-0.4, -0.2) is 15.0 Å². The third-order valence-electron chi connectivity index (χ3n) is 6.50. The molecule has 0 aliphatic rings. The summed E-state index contributed by atoms with van der Waals surface area (Å²) in [7, 11) is 0. The fourth-order valence-electron chi connectivity index (χ4n) is 4.51. The van der Waals surface area contributed by atoms with E-state index in [-0.39, 0.29) is 20.1 Å². The van der Waals surface area contributed by atoms with Crippen LogP contribution < -0.4 is 0 Å². The average Bonchev–Trinajstić information content (AvgIpc) is 3.34. The normalized spacial score (nSPS) is 10.7. The van der Waals surface area contributed by atoms with Gasteiger partial charge in [0.1, 0.15) is 5.58 Å². The zero-order valence-electron chi connectivity index (χ0n) is 21.8. The summed E-state index contributed by atoms with van der Waals surface area (Å²) in [5, 5.41) is 4.36. The van der Waals surface area contributed by atoms with E-state index in [1.807, 2.05) is 81.8 Å². The molecule has 193 valence electrons. The van der Waals surface area contributed by atoms with Crippen LogP contribution in [0, 0.1) is 32.9 Å². The summed E-state index contributed by atoms with van der Waals surface area (Å²) in [4.78, 5) is 13.2. The number of nitrogens with zero attached hydrogens (tertiary/aromatic N) is 3. The van der Waals surface area contributed by atoms with Gasteiger partial charge in [-0.3, -0.25) is 4.98 Å². The van der Waals surface area contributed by atoms with Crippen molar-refractivity contribution < 1.29 is 24.5 Å². The molecule has 0 aliphatic heterocycles. The zero-order chi connectivity index (χ0) is 26.1. The Balaban J connectivity index is 0.000000187. The first kappa shape index (κ1) is 26.4. The Morgan fingerprint density at radius 1 is 0.615 bits per heavy atom. The quantitative estimate of drug-likeness (QED) is 0.172. The molecule has 0 saturated heterocycles. The largest absolute Gasteiger partial charge is 0.500 e. The number of aryl methyl sites for hydroxylation is 3. The van der Waals surface area contributed by atoms with Crippen molar-refractivity contribution in [2.75, 3.05) is 0 Å². The maximum atomic E-state index is 6.34. The Kier molecular flexibility index (Phi) is 7.65. The molecule has 1 radical (unpaired) electrons. The van der Waals surface area contributed by atoms with Crippen molar-refractivity contribution in [1.82, 2.24) is 15.0 Å². The number of fused-ring (bicyclic) bond motifs is 5. The summed E-state index contributed by atoms with van der Waals surface area (Å²) in [5.41, 5.74) is 8.81.